The second kappa shape index (κ2) is 10.9. The van der Waals surface area contributed by atoms with Crippen LogP contribution in [-0.2, 0) is 0 Å². The van der Waals surface area contributed by atoms with Crippen molar-refractivity contribution >= 4 is 0 Å². The van der Waals surface area contributed by atoms with E-state index in [2.05, 4.69) is 17.6 Å². The fourth-order valence-corrected chi connectivity index (χ4v) is 1.16. The molecule has 0 spiro atoms. The zero-order valence-electron chi connectivity index (χ0n) is 8.36. The van der Waals surface area contributed by atoms with E-state index in [0.29, 0.717) is 0 Å². The first kappa shape index (κ1) is 11.9. The highest BCUT2D eigenvalue weighted by atomic mass is 14.8. The standard InChI is InChI=1S/C10H23N2/c1-3-8-12-10-7-5-4-6-9-11-2/h11-12H,1,3-10H2,2H3. The lowest BCUT2D eigenvalue weighted by Crippen LogP contribution is -2.15. The molecule has 2 N–H and O–H groups in total. The van der Waals surface area contributed by atoms with Crippen molar-refractivity contribution < 1.29 is 0 Å². The van der Waals surface area contributed by atoms with Gasteiger partial charge in [-0.2, -0.15) is 0 Å². The first-order valence-corrected chi connectivity index (χ1v) is 5.06. The maximum absolute atomic E-state index is 3.77. The molecule has 0 rings (SSSR count). The molecule has 73 valence electrons. The van der Waals surface area contributed by atoms with Crippen molar-refractivity contribution in [1.82, 2.24) is 10.6 Å². The van der Waals surface area contributed by atoms with E-state index < -0.39 is 0 Å². The zero-order valence-corrected chi connectivity index (χ0v) is 8.36. The monoisotopic (exact) mass is 171 g/mol. The summed E-state index contributed by atoms with van der Waals surface area (Å²) >= 11 is 0. The molecule has 0 saturated carbocycles. The molecule has 12 heavy (non-hydrogen) atoms. The second-order valence-corrected chi connectivity index (χ2v) is 3.12. The molecule has 0 fully saturated rings. The lowest BCUT2D eigenvalue weighted by atomic mass is 10.2. The molecule has 2 heteroatoms. The molecule has 1 radical (unpaired) electrons. The average Bonchev–Trinajstić information content (AvgIpc) is 2.10. The Morgan fingerprint density at radius 2 is 1.58 bits per heavy atom. The molecule has 2 nitrogen and oxygen atoms in total. The summed E-state index contributed by atoms with van der Waals surface area (Å²) in [6.07, 6.45) is 6.33. The summed E-state index contributed by atoms with van der Waals surface area (Å²) in [6, 6.07) is 0. The van der Waals surface area contributed by atoms with Gasteiger partial charge in [0.1, 0.15) is 0 Å². The molecular weight excluding hydrogens is 148 g/mol. The fraction of sp³-hybridized carbons (Fsp3) is 0.900. The van der Waals surface area contributed by atoms with Crippen LogP contribution < -0.4 is 10.6 Å². The molecule has 0 aromatic carbocycles. The number of hydrogen-bond donors (Lipinski definition) is 2. The van der Waals surface area contributed by atoms with Gasteiger partial charge in [-0.05, 0) is 45.9 Å². The quantitative estimate of drug-likeness (QED) is 0.515. The van der Waals surface area contributed by atoms with Crippen LogP contribution in [0, 0.1) is 6.92 Å². The smallest absolute Gasteiger partial charge is 0.00489 e. The molecule has 0 aliphatic rings. The van der Waals surface area contributed by atoms with Gasteiger partial charge in [0, 0.05) is 0 Å². The van der Waals surface area contributed by atoms with Crippen LogP contribution in [0.5, 0.6) is 0 Å². The second-order valence-electron chi connectivity index (χ2n) is 3.12. The Morgan fingerprint density at radius 3 is 2.17 bits per heavy atom. The van der Waals surface area contributed by atoms with Gasteiger partial charge in [0.05, 0.1) is 0 Å². The summed E-state index contributed by atoms with van der Waals surface area (Å²) in [5.74, 6) is 0. The van der Waals surface area contributed by atoms with Crippen molar-refractivity contribution in [3.8, 4) is 0 Å². The van der Waals surface area contributed by atoms with Gasteiger partial charge >= 0.3 is 0 Å². The Balaban J connectivity index is 2.73. The molecule has 0 aliphatic carbocycles. The minimum Gasteiger partial charge on any atom is -0.320 e. The predicted molar refractivity (Wildman–Crippen MR) is 55.2 cm³/mol. The highest BCUT2D eigenvalue weighted by molar-refractivity contribution is 4.50. The first-order valence-electron chi connectivity index (χ1n) is 5.06. The van der Waals surface area contributed by atoms with Crippen LogP contribution in [0.4, 0.5) is 0 Å². The van der Waals surface area contributed by atoms with E-state index in [4.69, 9.17) is 0 Å². The summed E-state index contributed by atoms with van der Waals surface area (Å²) < 4.78 is 0. The Labute approximate surface area is 77.1 Å². The number of unbranched alkanes of at least 4 members (excludes halogenated alkanes) is 3. The van der Waals surface area contributed by atoms with E-state index in [9.17, 15) is 0 Å². The van der Waals surface area contributed by atoms with Crippen LogP contribution >= 0.6 is 0 Å². The van der Waals surface area contributed by atoms with Gasteiger partial charge in [0.25, 0.3) is 0 Å². The predicted octanol–water partition coefficient (Wildman–Crippen LogP) is 1.58. The maximum atomic E-state index is 3.77. The average molecular weight is 171 g/mol. The number of nitrogens with one attached hydrogen (secondary N) is 2. The van der Waals surface area contributed by atoms with Crippen molar-refractivity contribution in [1.29, 1.82) is 0 Å². The van der Waals surface area contributed by atoms with Crippen molar-refractivity contribution in [2.45, 2.75) is 32.1 Å². The number of hydrogen-bond acceptors (Lipinski definition) is 2. The third-order valence-electron chi connectivity index (χ3n) is 1.88. The highest BCUT2D eigenvalue weighted by Gasteiger charge is 1.88. The Kier molecular flexibility index (Phi) is 10.8. The van der Waals surface area contributed by atoms with E-state index in [0.717, 1.165) is 26.1 Å². The summed E-state index contributed by atoms with van der Waals surface area (Å²) in [7, 11) is 2.01. The summed E-state index contributed by atoms with van der Waals surface area (Å²) in [5.41, 5.74) is 0. The van der Waals surface area contributed by atoms with Crippen LogP contribution in [0.25, 0.3) is 0 Å². The van der Waals surface area contributed by atoms with E-state index in [1.807, 2.05) is 7.05 Å². The summed E-state index contributed by atoms with van der Waals surface area (Å²) in [6.45, 7) is 7.16. The Morgan fingerprint density at radius 1 is 0.917 bits per heavy atom. The van der Waals surface area contributed by atoms with Crippen molar-refractivity contribution in [3.63, 3.8) is 0 Å². The normalized spacial score (nSPS) is 10.5. The van der Waals surface area contributed by atoms with E-state index >= 15 is 0 Å². The van der Waals surface area contributed by atoms with Gasteiger partial charge in [0.15, 0.2) is 0 Å². The molecule has 0 unspecified atom stereocenters. The Hall–Kier alpha value is -0.0800. The minimum absolute atomic E-state index is 1.000. The molecule has 0 amide bonds. The van der Waals surface area contributed by atoms with Crippen LogP contribution in [-0.4, -0.2) is 26.7 Å². The molecule has 0 aromatic heterocycles. The van der Waals surface area contributed by atoms with Crippen LogP contribution in [0.3, 0.4) is 0 Å². The van der Waals surface area contributed by atoms with Crippen molar-refractivity contribution in [2.24, 2.45) is 0 Å². The van der Waals surface area contributed by atoms with Gasteiger partial charge in [-0.25, -0.2) is 0 Å². The van der Waals surface area contributed by atoms with Gasteiger partial charge in [-0.15, -0.1) is 0 Å². The lowest BCUT2D eigenvalue weighted by molar-refractivity contribution is 0.580. The molecule has 0 saturated heterocycles. The van der Waals surface area contributed by atoms with Crippen LogP contribution in [0.15, 0.2) is 0 Å². The molecular formula is C10H23N2. The molecule has 0 bridgehead atoms. The van der Waals surface area contributed by atoms with Crippen LogP contribution in [0.1, 0.15) is 32.1 Å². The van der Waals surface area contributed by atoms with Gasteiger partial charge < -0.3 is 10.6 Å². The molecule has 0 aliphatic heterocycles. The minimum atomic E-state index is 1.000. The highest BCUT2D eigenvalue weighted by Crippen LogP contribution is 1.97. The van der Waals surface area contributed by atoms with E-state index in [1.165, 1.54) is 25.7 Å². The van der Waals surface area contributed by atoms with E-state index in [-0.39, 0.29) is 0 Å². The molecule has 0 heterocycles. The maximum Gasteiger partial charge on any atom is -0.00489 e. The van der Waals surface area contributed by atoms with Crippen molar-refractivity contribution in [2.75, 3.05) is 26.7 Å². The largest absolute Gasteiger partial charge is 0.320 e. The lowest BCUT2D eigenvalue weighted by Gasteiger charge is -2.02. The van der Waals surface area contributed by atoms with Gasteiger partial charge in [-0.1, -0.05) is 19.8 Å². The summed E-state index contributed by atoms with van der Waals surface area (Å²) in [4.78, 5) is 0. The first-order chi connectivity index (χ1) is 5.91. The van der Waals surface area contributed by atoms with Gasteiger partial charge in [-0.3, -0.25) is 0 Å². The van der Waals surface area contributed by atoms with E-state index in [1.54, 1.807) is 0 Å². The Bertz CT molecular complexity index is 64.2. The third kappa shape index (κ3) is 9.92. The molecule has 0 aromatic rings. The van der Waals surface area contributed by atoms with Gasteiger partial charge in [0.2, 0.25) is 0 Å². The third-order valence-corrected chi connectivity index (χ3v) is 1.88. The topological polar surface area (TPSA) is 24.1 Å². The summed E-state index contributed by atoms with van der Waals surface area (Å²) in [5, 5.41) is 6.50. The van der Waals surface area contributed by atoms with Crippen LogP contribution in [0.2, 0.25) is 0 Å². The van der Waals surface area contributed by atoms with Crippen molar-refractivity contribution in [3.05, 3.63) is 6.92 Å². The fourth-order valence-electron chi connectivity index (χ4n) is 1.16. The zero-order chi connectivity index (χ0) is 9.07. The SMILES string of the molecule is [CH2]CCNCCCCCCNC. The molecule has 0 atom stereocenters. The number of rotatable bonds is 9.